The highest BCUT2D eigenvalue weighted by Gasteiger charge is 2.16. The Bertz CT molecular complexity index is 524. The summed E-state index contributed by atoms with van der Waals surface area (Å²) in [5.74, 6) is 0. The van der Waals surface area contributed by atoms with Gasteiger partial charge in [-0.15, -0.1) is 0 Å². The first kappa shape index (κ1) is 11.3. The molecule has 0 bridgehead atoms. The molecule has 2 aromatic rings. The maximum atomic E-state index is 3.57. The van der Waals surface area contributed by atoms with Crippen LogP contribution in [0.4, 0.5) is 5.69 Å². The van der Waals surface area contributed by atoms with Crippen LogP contribution in [-0.4, -0.2) is 6.04 Å². The molecule has 0 amide bonds. The Morgan fingerprint density at radius 1 is 1.11 bits per heavy atom. The first-order valence-electron chi connectivity index (χ1n) is 6.66. The van der Waals surface area contributed by atoms with Gasteiger partial charge >= 0.3 is 0 Å². The van der Waals surface area contributed by atoms with Crippen molar-refractivity contribution in [2.24, 2.45) is 0 Å². The zero-order valence-electron chi connectivity index (χ0n) is 10.7. The maximum Gasteiger partial charge on any atom is 0.0342 e. The van der Waals surface area contributed by atoms with Crippen molar-refractivity contribution >= 4 is 5.69 Å². The summed E-state index contributed by atoms with van der Waals surface area (Å²) in [4.78, 5) is 0. The van der Waals surface area contributed by atoms with E-state index in [-0.39, 0.29) is 0 Å². The van der Waals surface area contributed by atoms with Gasteiger partial charge < -0.3 is 5.32 Å². The Morgan fingerprint density at radius 2 is 1.89 bits per heavy atom. The Hall–Kier alpha value is -1.76. The summed E-state index contributed by atoms with van der Waals surface area (Å²) in [6.07, 6.45) is 4.00. The summed E-state index contributed by atoms with van der Waals surface area (Å²) in [6, 6.07) is 18.7. The van der Waals surface area contributed by atoms with E-state index in [0.29, 0.717) is 6.04 Å². The fraction of sp³-hybridized carbons (Fsp3) is 0.294. The topological polar surface area (TPSA) is 12.0 Å². The van der Waals surface area contributed by atoms with Crippen molar-refractivity contribution < 1.29 is 0 Å². The molecule has 0 saturated heterocycles. The summed E-state index contributed by atoms with van der Waals surface area (Å²) in [5.41, 5.74) is 5.09. The molecule has 2 aromatic carbocycles. The molecule has 1 fully saturated rings. The van der Waals surface area contributed by atoms with E-state index in [9.17, 15) is 0 Å². The molecular weight excluding hydrogens is 218 g/mol. The molecule has 0 atom stereocenters. The van der Waals surface area contributed by atoms with Crippen molar-refractivity contribution in [2.75, 3.05) is 5.32 Å². The summed E-state index contributed by atoms with van der Waals surface area (Å²) >= 11 is 0. The summed E-state index contributed by atoms with van der Waals surface area (Å²) < 4.78 is 0. The third kappa shape index (κ3) is 2.26. The lowest BCUT2D eigenvalue weighted by molar-refractivity contribution is 0.445. The van der Waals surface area contributed by atoms with E-state index >= 15 is 0 Å². The molecule has 18 heavy (non-hydrogen) atoms. The maximum absolute atomic E-state index is 3.57. The van der Waals surface area contributed by atoms with Gasteiger partial charge in [0.2, 0.25) is 0 Å². The third-order valence-electron chi connectivity index (χ3n) is 3.74. The number of anilines is 1. The number of benzene rings is 2. The molecule has 1 heteroatoms. The second kappa shape index (κ2) is 4.85. The smallest absolute Gasteiger partial charge is 0.0342 e. The molecule has 1 aliphatic rings. The Balaban J connectivity index is 1.80. The van der Waals surface area contributed by atoms with E-state index in [1.165, 1.54) is 41.6 Å². The van der Waals surface area contributed by atoms with Crippen LogP contribution < -0.4 is 5.32 Å². The monoisotopic (exact) mass is 236 g/mol. The van der Waals surface area contributed by atoms with E-state index in [4.69, 9.17) is 0 Å². The minimum Gasteiger partial charge on any atom is -0.382 e. The van der Waals surface area contributed by atoms with E-state index < -0.39 is 0 Å². The lowest BCUT2D eigenvalue weighted by Gasteiger charge is -2.27. The molecule has 3 rings (SSSR count). The highest BCUT2D eigenvalue weighted by Crippen LogP contribution is 2.27. The summed E-state index contributed by atoms with van der Waals surface area (Å²) in [6.45, 7) is 2.13. The zero-order chi connectivity index (χ0) is 12.4. The molecule has 1 radical (unpaired) electrons. The average Bonchev–Trinajstić information content (AvgIpc) is 2.35. The number of rotatable bonds is 3. The molecule has 1 nitrogen and oxygen atoms in total. The fourth-order valence-electron chi connectivity index (χ4n) is 2.37. The lowest BCUT2D eigenvalue weighted by atomic mass is 9.93. The van der Waals surface area contributed by atoms with E-state index in [1.807, 2.05) is 12.1 Å². The molecule has 0 aliphatic heterocycles. The predicted octanol–water partition coefficient (Wildman–Crippen LogP) is 4.43. The molecule has 0 unspecified atom stereocenters. The van der Waals surface area contributed by atoms with Gasteiger partial charge in [0.15, 0.2) is 0 Å². The van der Waals surface area contributed by atoms with Gasteiger partial charge in [-0.2, -0.15) is 0 Å². The van der Waals surface area contributed by atoms with E-state index in [2.05, 4.69) is 48.6 Å². The van der Waals surface area contributed by atoms with E-state index in [1.54, 1.807) is 0 Å². The highest BCUT2D eigenvalue weighted by molar-refractivity contribution is 5.69. The van der Waals surface area contributed by atoms with Crippen molar-refractivity contribution in [3.8, 4) is 11.1 Å². The molecule has 91 valence electrons. The van der Waals surface area contributed by atoms with Crippen LogP contribution in [0.5, 0.6) is 0 Å². The molecule has 1 N–H and O–H groups in total. The number of nitrogens with one attached hydrogen (secondary N) is 1. The van der Waals surface area contributed by atoms with Gasteiger partial charge in [-0.1, -0.05) is 30.3 Å². The standard InChI is InChI=1S/C17H18N/c1-13-5-2-3-8-17(13)14-9-11-16(12-10-14)18-15-6-4-7-15/h3,5,8-12,15,18H,4,6-7H2,1H3. The van der Waals surface area contributed by atoms with Gasteiger partial charge in [-0.3, -0.25) is 0 Å². The first-order valence-corrected chi connectivity index (χ1v) is 6.66. The molecule has 0 heterocycles. The summed E-state index contributed by atoms with van der Waals surface area (Å²) in [5, 5.41) is 3.57. The van der Waals surface area contributed by atoms with Crippen LogP contribution in [0.2, 0.25) is 0 Å². The van der Waals surface area contributed by atoms with Crippen LogP contribution in [0.3, 0.4) is 0 Å². The third-order valence-corrected chi connectivity index (χ3v) is 3.74. The van der Waals surface area contributed by atoms with Crippen LogP contribution >= 0.6 is 0 Å². The largest absolute Gasteiger partial charge is 0.382 e. The number of hydrogen-bond acceptors (Lipinski definition) is 1. The first-order chi connectivity index (χ1) is 8.83. The van der Waals surface area contributed by atoms with Gasteiger partial charge in [0.25, 0.3) is 0 Å². The molecular formula is C17H18N. The molecule has 0 spiro atoms. The Kier molecular flexibility index (Phi) is 3.06. The van der Waals surface area contributed by atoms with Crippen LogP contribution in [0.15, 0.2) is 42.5 Å². The molecule has 1 aliphatic carbocycles. The fourth-order valence-corrected chi connectivity index (χ4v) is 2.37. The van der Waals surface area contributed by atoms with Crippen molar-refractivity contribution in [2.45, 2.75) is 32.2 Å². The SMILES string of the molecule is Cc1c[c]ccc1-c1ccc(NC2CCC2)cc1. The minimum absolute atomic E-state index is 0.698. The van der Waals surface area contributed by atoms with Crippen molar-refractivity contribution in [1.29, 1.82) is 0 Å². The lowest BCUT2D eigenvalue weighted by Crippen LogP contribution is -2.26. The zero-order valence-corrected chi connectivity index (χ0v) is 10.7. The van der Waals surface area contributed by atoms with Crippen LogP contribution in [0, 0.1) is 13.0 Å². The minimum atomic E-state index is 0.698. The van der Waals surface area contributed by atoms with Crippen molar-refractivity contribution in [3.05, 3.63) is 54.1 Å². The second-order valence-electron chi connectivity index (χ2n) is 5.09. The normalized spacial score (nSPS) is 15.2. The van der Waals surface area contributed by atoms with Crippen molar-refractivity contribution in [3.63, 3.8) is 0 Å². The van der Waals surface area contributed by atoms with Crippen LogP contribution in [-0.2, 0) is 0 Å². The Labute approximate surface area is 109 Å². The highest BCUT2D eigenvalue weighted by atomic mass is 14.9. The van der Waals surface area contributed by atoms with E-state index in [0.717, 1.165) is 0 Å². The second-order valence-corrected chi connectivity index (χ2v) is 5.09. The Morgan fingerprint density at radius 3 is 2.50 bits per heavy atom. The van der Waals surface area contributed by atoms with Crippen LogP contribution in [0.25, 0.3) is 11.1 Å². The predicted molar refractivity (Wildman–Crippen MR) is 76.7 cm³/mol. The van der Waals surface area contributed by atoms with Gasteiger partial charge in [-0.25, -0.2) is 0 Å². The summed E-state index contributed by atoms with van der Waals surface area (Å²) in [7, 11) is 0. The number of aryl methyl sites for hydroxylation is 1. The van der Waals surface area contributed by atoms with Gasteiger partial charge in [0.05, 0.1) is 0 Å². The quantitative estimate of drug-likeness (QED) is 0.831. The van der Waals surface area contributed by atoms with Gasteiger partial charge in [0, 0.05) is 11.7 Å². The molecule has 1 saturated carbocycles. The average molecular weight is 236 g/mol. The van der Waals surface area contributed by atoms with Gasteiger partial charge in [-0.05, 0) is 61.1 Å². The van der Waals surface area contributed by atoms with Crippen molar-refractivity contribution in [1.82, 2.24) is 0 Å². The van der Waals surface area contributed by atoms with Gasteiger partial charge in [0.1, 0.15) is 0 Å². The molecule has 0 aromatic heterocycles. The number of hydrogen-bond donors (Lipinski definition) is 1. The van der Waals surface area contributed by atoms with Crippen LogP contribution in [0.1, 0.15) is 24.8 Å².